The van der Waals surface area contributed by atoms with Gasteiger partial charge in [-0.15, -0.1) is 0 Å². The Kier molecular flexibility index (Phi) is 5.59. The van der Waals surface area contributed by atoms with Crippen LogP contribution in [0, 0.1) is 52.3 Å². The zero-order valence-corrected chi connectivity index (χ0v) is 19.0. The minimum absolute atomic E-state index is 0.566. The Balaban J connectivity index is 1.47. The summed E-state index contributed by atoms with van der Waals surface area (Å²) in [6, 6.07) is 0. The number of hydrogen-bond donors (Lipinski definition) is 0. The van der Waals surface area contributed by atoms with Gasteiger partial charge in [0.2, 0.25) is 0 Å². The molecule has 4 aliphatic rings. The van der Waals surface area contributed by atoms with Crippen molar-refractivity contribution >= 4 is 0 Å². The molecule has 0 aromatic heterocycles. The molecule has 3 saturated carbocycles. The molecule has 0 radical (unpaired) electrons. The van der Waals surface area contributed by atoms with Gasteiger partial charge in [-0.1, -0.05) is 78.9 Å². The van der Waals surface area contributed by atoms with Gasteiger partial charge in [0, 0.05) is 0 Å². The molecular weight excluding hydrogens is 324 g/mol. The van der Waals surface area contributed by atoms with Crippen LogP contribution in [0.4, 0.5) is 0 Å². The van der Waals surface area contributed by atoms with E-state index < -0.39 is 0 Å². The van der Waals surface area contributed by atoms with Gasteiger partial charge in [-0.2, -0.15) is 0 Å². The van der Waals surface area contributed by atoms with E-state index in [9.17, 15) is 0 Å². The lowest BCUT2D eigenvalue weighted by atomic mass is 9.44. The van der Waals surface area contributed by atoms with Crippen LogP contribution in [0.3, 0.4) is 0 Å². The molecule has 8 atom stereocenters. The molecule has 154 valence electrons. The first-order valence-corrected chi connectivity index (χ1v) is 12.5. The van der Waals surface area contributed by atoms with Gasteiger partial charge in [0.05, 0.1) is 0 Å². The quantitative estimate of drug-likeness (QED) is 0.427. The van der Waals surface area contributed by atoms with Gasteiger partial charge in [0.25, 0.3) is 0 Å². The van der Waals surface area contributed by atoms with Crippen LogP contribution in [0.25, 0.3) is 0 Å². The first-order valence-electron chi connectivity index (χ1n) is 12.5. The lowest BCUT2D eigenvalue weighted by molar-refractivity contribution is -0.107. The Labute approximate surface area is 170 Å². The highest BCUT2D eigenvalue weighted by Gasteiger charge is 2.58. The van der Waals surface area contributed by atoms with E-state index in [2.05, 4.69) is 46.8 Å². The molecule has 0 heteroatoms. The fourth-order valence-electron chi connectivity index (χ4n) is 8.65. The van der Waals surface area contributed by atoms with Crippen molar-refractivity contribution in [3.05, 3.63) is 12.2 Å². The maximum absolute atomic E-state index is 2.73. The van der Waals surface area contributed by atoms with Crippen molar-refractivity contribution in [2.24, 2.45) is 52.3 Å². The highest BCUT2D eigenvalue weighted by Crippen LogP contribution is 2.66. The summed E-state index contributed by atoms with van der Waals surface area (Å²) in [6.07, 6.45) is 21.9. The first kappa shape index (κ1) is 20.0. The summed E-state index contributed by atoms with van der Waals surface area (Å²) in [5.41, 5.74) is 1.24. The van der Waals surface area contributed by atoms with Gasteiger partial charge in [0.15, 0.2) is 0 Å². The monoisotopic (exact) mass is 370 g/mol. The molecule has 0 bridgehead atoms. The Bertz CT molecular complexity index is 544. The third kappa shape index (κ3) is 3.36. The largest absolute Gasteiger partial charge is 0.0843 e. The molecule has 0 aromatic carbocycles. The van der Waals surface area contributed by atoms with Gasteiger partial charge in [-0.25, -0.2) is 0 Å². The molecule has 4 aliphatic carbocycles. The third-order valence-corrected chi connectivity index (χ3v) is 10.2. The van der Waals surface area contributed by atoms with Crippen LogP contribution in [0.1, 0.15) is 105 Å². The summed E-state index contributed by atoms with van der Waals surface area (Å²) in [6.45, 7) is 12.7. The Morgan fingerprint density at radius 2 is 1.67 bits per heavy atom. The average Bonchev–Trinajstić information content (AvgIpc) is 2.98. The Morgan fingerprint density at radius 1 is 0.852 bits per heavy atom. The summed E-state index contributed by atoms with van der Waals surface area (Å²) >= 11 is 0. The summed E-state index contributed by atoms with van der Waals surface area (Å²) in [7, 11) is 0. The number of fused-ring (bicyclic) bond motifs is 5. The minimum atomic E-state index is 0.566. The maximum Gasteiger partial charge on any atom is -0.0142 e. The molecule has 0 unspecified atom stereocenters. The van der Waals surface area contributed by atoms with Crippen molar-refractivity contribution in [3.63, 3.8) is 0 Å². The van der Waals surface area contributed by atoms with Crippen molar-refractivity contribution in [1.29, 1.82) is 0 Å². The minimum Gasteiger partial charge on any atom is -0.0843 e. The molecule has 27 heavy (non-hydrogen) atoms. The van der Waals surface area contributed by atoms with Gasteiger partial charge in [-0.05, 0) is 90.8 Å². The predicted octanol–water partition coefficient (Wildman–Crippen LogP) is 8.27. The molecule has 0 heterocycles. The lowest BCUT2D eigenvalue weighted by Crippen LogP contribution is -2.53. The van der Waals surface area contributed by atoms with E-state index in [1.54, 1.807) is 0 Å². The highest BCUT2D eigenvalue weighted by molar-refractivity contribution is 5.19. The van der Waals surface area contributed by atoms with E-state index in [1.807, 2.05) is 0 Å². The zero-order chi connectivity index (χ0) is 19.2. The van der Waals surface area contributed by atoms with E-state index >= 15 is 0 Å². The lowest BCUT2D eigenvalue weighted by Gasteiger charge is -2.60. The summed E-state index contributed by atoms with van der Waals surface area (Å²) in [5.74, 6) is 6.52. The molecule has 0 spiro atoms. The summed E-state index contributed by atoms with van der Waals surface area (Å²) in [5, 5.41) is 0. The molecule has 0 saturated heterocycles. The number of allylic oxidation sites excluding steroid dienone is 2. The molecule has 0 aliphatic heterocycles. The fraction of sp³-hybridized carbons (Fsp3) is 0.926. The predicted molar refractivity (Wildman–Crippen MR) is 118 cm³/mol. The van der Waals surface area contributed by atoms with Crippen LogP contribution < -0.4 is 0 Å². The molecule has 4 rings (SSSR count). The average molecular weight is 371 g/mol. The maximum atomic E-state index is 2.73. The molecule has 0 N–H and O–H groups in total. The second-order valence-electron chi connectivity index (χ2n) is 12.1. The second-order valence-corrected chi connectivity index (χ2v) is 12.1. The van der Waals surface area contributed by atoms with Crippen molar-refractivity contribution in [2.75, 3.05) is 0 Å². The topological polar surface area (TPSA) is 0 Å². The van der Waals surface area contributed by atoms with Crippen LogP contribution in [-0.2, 0) is 0 Å². The van der Waals surface area contributed by atoms with Crippen molar-refractivity contribution in [3.8, 4) is 0 Å². The Hall–Kier alpha value is -0.260. The normalized spacial score (nSPS) is 47.4. The SMILES string of the molecule is CC(C)CCC[C@@H](C)[C@H]1C=C[C@H]2[C@@H]3CC[C@H]4CCCC[C@]4(C)[C@H]3CC[C@]12C. The van der Waals surface area contributed by atoms with Gasteiger partial charge >= 0.3 is 0 Å². The second kappa shape index (κ2) is 7.53. The highest BCUT2D eigenvalue weighted by atomic mass is 14.6. The summed E-state index contributed by atoms with van der Waals surface area (Å²) < 4.78 is 0. The number of rotatable bonds is 5. The fourth-order valence-corrected chi connectivity index (χ4v) is 8.65. The van der Waals surface area contributed by atoms with Crippen LogP contribution in [-0.4, -0.2) is 0 Å². The number of hydrogen-bond acceptors (Lipinski definition) is 0. The molecular formula is C27H46. The summed E-state index contributed by atoms with van der Waals surface area (Å²) in [4.78, 5) is 0. The van der Waals surface area contributed by atoms with Crippen LogP contribution >= 0.6 is 0 Å². The Morgan fingerprint density at radius 3 is 2.44 bits per heavy atom. The van der Waals surface area contributed by atoms with E-state index in [0.29, 0.717) is 10.8 Å². The zero-order valence-electron chi connectivity index (χ0n) is 19.0. The van der Waals surface area contributed by atoms with Crippen LogP contribution in [0.2, 0.25) is 0 Å². The first-order chi connectivity index (χ1) is 12.9. The van der Waals surface area contributed by atoms with Crippen LogP contribution in [0.15, 0.2) is 12.2 Å². The van der Waals surface area contributed by atoms with Crippen molar-refractivity contribution in [2.45, 2.75) is 105 Å². The van der Waals surface area contributed by atoms with Crippen molar-refractivity contribution in [1.82, 2.24) is 0 Å². The smallest absolute Gasteiger partial charge is 0.0142 e. The molecule has 0 nitrogen and oxygen atoms in total. The third-order valence-electron chi connectivity index (χ3n) is 10.2. The van der Waals surface area contributed by atoms with Gasteiger partial charge in [0.1, 0.15) is 0 Å². The standard InChI is InChI=1S/C27H46/c1-19(2)9-8-10-20(3)23-14-15-24-22-13-12-21-11-6-7-17-26(21,4)25(22)16-18-27(23,24)5/h14-15,19-25H,6-13,16-18H2,1-5H3/t20-,21-,22+,23-,24+,25+,26+,27-/m1/s1. The van der Waals surface area contributed by atoms with Crippen LogP contribution in [0.5, 0.6) is 0 Å². The van der Waals surface area contributed by atoms with E-state index in [-0.39, 0.29) is 0 Å². The van der Waals surface area contributed by atoms with Gasteiger partial charge in [-0.3, -0.25) is 0 Å². The molecule has 0 aromatic rings. The molecule has 3 fully saturated rings. The van der Waals surface area contributed by atoms with E-state index in [4.69, 9.17) is 0 Å². The van der Waals surface area contributed by atoms with Gasteiger partial charge < -0.3 is 0 Å². The van der Waals surface area contributed by atoms with E-state index in [1.165, 1.54) is 70.6 Å². The van der Waals surface area contributed by atoms with Crippen molar-refractivity contribution < 1.29 is 0 Å². The molecule has 0 amide bonds. The van der Waals surface area contributed by atoms with E-state index in [0.717, 1.165) is 41.4 Å².